The second kappa shape index (κ2) is 11.4. The van der Waals surface area contributed by atoms with E-state index in [2.05, 4.69) is 95.6 Å². The molecule has 0 atom stereocenters. The number of fused-ring (bicyclic) bond motifs is 1. The van der Waals surface area contributed by atoms with Crippen LogP contribution in [0.1, 0.15) is 30.9 Å². The van der Waals surface area contributed by atoms with Gasteiger partial charge in [0.1, 0.15) is 0 Å². The van der Waals surface area contributed by atoms with E-state index in [4.69, 9.17) is 17.0 Å². The van der Waals surface area contributed by atoms with Gasteiger partial charge in [0.2, 0.25) is 0 Å². The number of unbranched alkanes of at least 4 members (excludes halogenated alkanes) is 1. The summed E-state index contributed by atoms with van der Waals surface area (Å²) in [6.07, 6.45) is 3.72. The van der Waals surface area contributed by atoms with E-state index in [1.807, 2.05) is 0 Å². The van der Waals surface area contributed by atoms with Crippen molar-refractivity contribution in [2.24, 2.45) is 0 Å². The number of aryl methyl sites for hydroxylation is 2. The summed E-state index contributed by atoms with van der Waals surface area (Å²) in [6, 6.07) is 17.1. The molecule has 0 aliphatic carbocycles. The Morgan fingerprint density at radius 2 is 1.42 bits per heavy atom. The van der Waals surface area contributed by atoms with E-state index in [-0.39, 0.29) is 0 Å². The molecule has 0 spiro atoms. The SMILES string of the molecule is CCCCc1cc2c(-c3cc([Si](C)(C)C)cc([Si](C)(C)C)c3)c(C)ccc2[cH-]1.[Cl][Zr][Cl]. The average molecular weight is 568 g/mol. The molecule has 0 bridgehead atoms. The molecule has 3 aromatic rings. The normalized spacial score (nSPS) is 11.9. The minimum absolute atomic E-state index is 0.826. The minimum atomic E-state index is -1.38. The topological polar surface area (TPSA) is 0 Å². The zero-order valence-corrected chi connectivity index (χ0v) is 26.4. The molecular weight excluding hydrogens is 531 g/mol. The molecule has 3 rings (SSSR count). The van der Waals surface area contributed by atoms with Crippen molar-refractivity contribution >= 4 is 54.3 Å². The fourth-order valence-electron chi connectivity index (χ4n) is 4.00. The maximum absolute atomic E-state index is 4.93. The van der Waals surface area contributed by atoms with Crippen molar-refractivity contribution < 1.29 is 20.8 Å². The van der Waals surface area contributed by atoms with E-state index in [0.29, 0.717) is 0 Å². The van der Waals surface area contributed by atoms with E-state index in [1.165, 1.54) is 52.3 Å². The molecule has 0 aromatic heterocycles. The molecule has 0 N–H and O–H groups in total. The summed E-state index contributed by atoms with van der Waals surface area (Å²) in [4.78, 5) is 0. The van der Waals surface area contributed by atoms with Crippen molar-refractivity contribution in [3.8, 4) is 11.1 Å². The maximum atomic E-state index is 4.93. The van der Waals surface area contributed by atoms with Crippen LogP contribution in [-0.4, -0.2) is 16.1 Å². The molecule has 0 unspecified atom stereocenters. The Hall–Kier alpha value is -0.0531. The fourth-order valence-corrected chi connectivity index (χ4v) is 6.50. The van der Waals surface area contributed by atoms with E-state index in [9.17, 15) is 0 Å². The van der Waals surface area contributed by atoms with Crippen LogP contribution in [0.2, 0.25) is 39.3 Å². The molecule has 0 heterocycles. The van der Waals surface area contributed by atoms with Crippen LogP contribution in [-0.2, 0) is 27.3 Å². The Bertz CT molecular complexity index is 978. The third-order valence-electron chi connectivity index (χ3n) is 5.93. The molecule has 0 radical (unpaired) electrons. The number of hydrogen-bond acceptors (Lipinski definition) is 0. The Morgan fingerprint density at radius 1 is 0.871 bits per heavy atom. The fraction of sp³-hybridized carbons (Fsp3) is 0.423. The number of benzene rings is 2. The van der Waals surface area contributed by atoms with Gasteiger partial charge in [0.15, 0.2) is 0 Å². The van der Waals surface area contributed by atoms with E-state index >= 15 is 0 Å². The molecule has 0 nitrogen and oxygen atoms in total. The standard InChI is InChI=1S/C26H37Si2.2ClH.Zr/c1-9-10-11-20-14-21-13-12-19(2)26(25(21)15-20)22-16-23(27(3,4)5)18-24(17-22)28(6,7)8;;;/h12-18H,9-11H2,1-8H3;2*1H;/q-1;;;+2/p-2. The summed E-state index contributed by atoms with van der Waals surface area (Å²) >= 11 is -0.826. The summed E-state index contributed by atoms with van der Waals surface area (Å²) in [5.74, 6) is 0. The molecule has 0 saturated heterocycles. The second-order valence-corrected chi connectivity index (χ2v) is 24.5. The third-order valence-corrected chi connectivity index (χ3v) is 9.97. The van der Waals surface area contributed by atoms with Gasteiger partial charge < -0.3 is 0 Å². The van der Waals surface area contributed by atoms with Crippen LogP contribution in [0.4, 0.5) is 0 Å². The Balaban J connectivity index is 0.00000107. The van der Waals surface area contributed by atoms with Gasteiger partial charge in [-0.3, -0.25) is 0 Å². The van der Waals surface area contributed by atoms with Crippen LogP contribution < -0.4 is 10.4 Å². The van der Waals surface area contributed by atoms with Gasteiger partial charge in [0.25, 0.3) is 0 Å². The van der Waals surface area contributed by atoms with Gasteiger partial charge in [-0.25, -0.2) is 0 Å². The van der Waals surface area contributed by atoms with Crippen LogP contribution in [0.15, 0.2) is 42.5 Å². The number of halogens is 2. The average Bonchev–Trinajstić information content (AvgIpc) is 3.08. The Morgan fingerprint density at radius 3 is 1.90 bits per heavy atom. The molecule has 31 heavy (non-hydrogen) atoms. The van der Waals surface area contributed by atoms with Gasteiger partial charge in [0, 0.05) is 0 Å². The molecule has 0 amide bonds. The Labute approximate surface area is 210 Å². The van der Waals surface area contributed by atoms with E-state index < -0.39 is 37.0 Å². The second-order valence-electron chi connectivity index (χ2n) is 10.6. The van der Waals surface area contributed by atoms with Crippen LogP contribution in [0.5, 0.6) is 0 Å². The summed E-state index contributed by atoms with van der Waals surface area (Å²) in [6.45, 7) is 19.4. The zero-order valence-electron chi connectivity index (χ0n) is 20.4. The van der Waals surface area contributed by atoms with Gasteiger partial charge in [0.05, 0.1) is 16.1 Å². The Kier molecular flexibility index (Phi) is 9.99. The summed E-state index contributed by atoms with van der Waals surface area (Å²) in [7, 11) is 7.10. The van der Waals surface area contributed by atoms with Gasteiger partial charge in [-0.15, -0.1) is 34.5 Å². The van der Waals surface area contributed by atoms with Gasteiger partial charge in [-0.05, 0) is 18.9 Å². The quantitative estimate of drug-likeness (QED) is 0.207. The molecular formula is C26H37Cl2Si2Zr-. The summed E-state index contributed by atoms with van der Waals surface area (Å²) in [5, 5.41) is 6.04. The predicted molar refractivity (Wildman–Crippen MR) is 146 cm³/mol. The van der Waals surface area contributed by atoms with Gasteiger partial charge >= 0.3 is 37.9 Å². The summed E-state index contributed by atoms with van der Waals surface area (Å²) in [5.41, 5.74) is 5.79. The molecule has 3 aromatic carbocycles. The van der Waals surface area contributed by atoms with E-state index in [1.54, 1.807) is 10.4 Å². The first kappa shape index (κ1) is 27.2. The monoisotopic (exact) mass is 565 g/mol. The van der Waals surface area contributed by atoms with Crippen LogP contribution in [0, 0.1) is 6.92 Å². The molecule has 0 aliphatic rings. The van der Waals surface area contributed by atoms with Gasteiger partial charge in [-0.2, -0.15) is 6.07 Å². The van der Waals surface area contributed by atoms with Crippen molar-refractivity contribution in [1.82, 2.24) is 0 Å². The van der Waals surface area contributed by atoms with Gasteiger partial charge in [-0.1, -0.05) is 98.7 Å². The zero-order chi connectivity index (χ0) is 23.4. The van der Waals surface area contributed by atoms with Crippen LogP contribution in [0.25, 0.3) is 21.9 Å². The van der Waals surface area contributed by atoms with Crippen molar-refractivity contribution in [2.75, 3.05) is 0 Å². The predicted octanol–water partition coefficient (Wildman–Crippen LogP) is 8.34. The van der Waals surface area contributed by atoms with E-state index in [0.717, 1.165) is 0 Å². The van der Waals surface area contributed by atoms with Crippen molar-refractivity contribution in [1.29, 1.82) is 0 Å². The first-order chi connectivity index (χ1) is 14.4. The summed E-state index contributed by atoms with van der Waals surface area (Å²) < 4.78 is 0. The van der Waals surface area contributed by atoms with Crippen molar-refractivity contribution in [3.63, 3.8) is 0 Å². The molecule has 0 fully saturated rings. The van der Waals surface area contributed by atoms with Crippen LogP contribution >= 0.6 is 17.0 Å². The molecule has 0 aliphatic heterocycles. The van der Waals surface area contributed by atoms with Crippen LogP contribution in [0.3, 0.4) is 0 Å². The molecule has 5 heteroatoms. The number of rotatable bonds is 6. The molecule has 168 valence electrons. The first-order valence-electron chi connectivity index (χ1n) is 11.2. The van der Waals surface area contributed by atoms with Crippen molar-refractivity contribution in [2.45, 2.75) is 72.4 Å². The third kappa shape index (κ3) is 7.21. The molecule has 0 saturated carbocycles. The van der Waals surface area contributed by atoms with Crippen molar-refractivity contribution in [3.05, 3.63) is 53.6 Å². The first-order valence-corrected chi connectivity index (χ1v) is 24.6. The number of hydrogen-bond donors (Lipinski definition) is 0.